The van der Waals surface area contributed by atoms with E-state index < -0.39 is 0 Å². The fourth-order valence-electron chi connectivity index (χ4n) is 3.74. The van der Waals surface area contributed by atoms with Gasteiger partial charge in [-0.25, -0.2) is 9.67 Å². The average molecular weight is 431 g/mol. The van der Waals surface area contributed by atoms with Crippen molar-refractivity contribution in [2.75, 3.05) is 0 Å². The number of hydrogen-bond donors (Lipinski definition) is 1. The van der Waals surface area contributed by atoms with Crippen LogP contribution in [0.5, 0.6) is 0 Å². The zero-order valence-corrected chi connectivity index (χ0v) is 18.8. The Morgan fingerprint density at radius 2 is 1.78 bits per heavy atom. The molecule has 3 aromatic heterocycles. The van der Waals surface area contributed by atoms with Crippen LogP contribution < -0.4 is 0 Å². The Morgan fingerprint density at radius 1 is 0.938 bits per heavy atom. The van der Waals surface area contributed by atoms with E-state index in [1.54, 1.807) is 0 Å². The molecule has 0 saturated heterocycles. The highest BCUT2D eigenvalue weighted by molar-refractivity contribution is 5.79. The van der Waals surface area contributed by atoms with Gasteiger partial charge in [-0.05, 0) is 29.7 Å². The molecule has 0 aliphatic heterocycles. The second-order valence-electron chi connectivity index (χ2n) is 7.97. The number of hydrogen-bond acceptors (Lipinski definition) is 6. The molecule has 4 rings (SSSR count). The molecule has 0 saturated carbocycles. The number of H-pyrrole nitrogens is 1. The van der Waals surface area contributed by atoms with E-state index >= 15 is 0 Å². The van der Waals surface area contributed by atoms with Crippen molar-refractivity contribution in [1.29, 1.82) is 0 Å². The van der Waals surface area contributed by atoms with Gasteiger partial charge in [-0.15, -0.1) is 10.2 Å². The van der Waals surface area contributed by atoms with Gasteiger partial charge in [-0.1, -0.05) is 63.4 Å². The third-order valence-electron chi connectivity index (χ3n) is 5.51. The summed E-state index contributed by atoms with van der Waals surface area (Å²) in [6, 6.07) is 12.2. The molecule has 166 valence electrons. The molecule has 0 bridgehead atoms. The maximum atomic E-state index is 4.84. The van der Waals surface area contributed by atoms with Crippen molar-refractivity contribution in [3.05, 3.63) is 59.9 Å². The zero-order valence-electron chi connectivity index (χ0n) is 18.8. The van der Waals surface area contributed by atoms with E-state index in [9.17, 15) is 0 Å². The summed E-state index contributed by atoms with van der Waals surface area (Å²) in [5.74, 6) is 2.52. The minimum atomic E-state index is 0.574. The molecular formula is C24H30N8. The van der Waals surface area contributed by atoms with Crippen LogP contribution in [-0.4, -0.2) is 40.4 Å². The van der Waals surface area contributed by atoms with Crippen LogP contribution >= 0.6 is 0 Å². The Hall–Kier alpha value is -3.42. The first kappa shape index (κ1) is 21.8. The summed E-state index contributed by atoms with van der Waals surface area (Å²) in [5.41, 5.74) is 3.95. The highest BCUT2D eigenvalue weighted by Gasteiger charge is 2.13. The van der Waals surface area contributed by atoms with Crippen LogP contribution in [0.25, 0.3) is 22.5 Å². The number of benzene rings is 1. The number of tetrazole rings is 1. The highest BCUT2D eigenvalue weighted by Crippen LogP contribution is 2.29. The van der Waals surface area contributed by atoms with E-state index in [1.165, 1.54) is 12.8 Å². The zero-order chi connectivity index (χ0) is 22.2. The smallest absolute Gasteiger partial charge is 0.205 e. The fourth-order valence-corrected chi connectivity index (χ4v) is 3.74. The molecule has 1 aromatic carbocycles. The highest BCUT2D eigenvalue weighted by atomic mass is 15.5. The molecular weight excluding hydrogens is 400 g/mol. The van der Waals surface area contributed by atoms with Gasteiger partial charge in [0.25, 0.3) is 0 Å². The van der Waals surface area contributed by atoms with Crippen LogP contribution in [0.3, 0.4) is 0 Å². The first-order valence-corrected chi connectivity index (χ1v) is 11.5. The topological polar surface area (TPSA) is 98.1 Å². The number of aryl methyl sites for hydroxylation is 2. The lowest BCUT2D eigenvalue weighted by molar-refractivity contribution is 0.529. The van der Waals surface area contributed by atoms with E-state index in [2.05, 4.69) is 51.3 Å². The van der Waals surface area contributed by atoms with Gasteiger partial charge >= 0.3 is 0 Å². The Kier molecular flexibility index (Phi) is 7.32. The Bertz CT molecular complexity index is 1100. The number of aromatic amines is 1. The van der Waals surface area contributed by atoms with Crippen molar-refractivity contribution in [3.8, 4) is 22.5 Å². The molecule has 3 heterocycles. The first-order valence-electron chi connectivity index (χ1n) is 11.5. The minimum absolute atomic E-state index is 0.574. The standard InChI is InChI=1S/C24H30N8/c1-3-5-9-15-32-23(26-22(29-32)12-6-4-2)16-19-14-13-18(17-25-19)20-10-7-8-11-21(20)24-27-30-31-28-24/h7-8,10-11,13-14,17H,3-6,9,12,15-16H2,1-2H3,(H,27,28,30,31). The van der Waals surface area contributed by atoms with Crippen LogP contribution in [0, 0.1) is 0 Å². The monoisotopic (exact) mass is 430 g/mol. The predicted octanol–water partition coefficient (Wildman–Crippen LogP) is 4.64. The third-order valence-corrected chi connectivity index (χ3v) is 5.51. The van der Waals surface area contributed by atoms with E-state index in [0.717, 1.165) is 66.3 Å². The Labute approximate surface area is 188 Å². The van der Waals surface area contributed by atoms with Gasteiger partial charge in [0.05, 0.1) is 0 Å². The maximum Gasteiger partial charge on any atom is 0.205 e. The van der Waals surface area contributed by atoms with Crippen molar-refractivity contribution < 1.29 is 0 Å². The van der Waals surface area contributed by atoms with E-state index in [-0.39, 0.29) is 0 Å². The summed E-state index contributed by atoms with van der Waals surface area (Å²) in [6.45, 7) is 5.33. The molecule has 32 heavy (non-hydrogen) atoms. The maximum absolute atomic E-state index is 4.84. The molecule has 0 aliphatic carbocycles. The summed E-state index contributed by atoms with van der Waals surface area (Å²) in [5, 5.41) is 19.2. The third kappa shape index (κ3) is 5.25. The number of nitrogens with zero attached hydrogens (tertiary/aromatic N) is 7. The van der Waals surface area contributed by atoms with Gasteiger partial charge in [-0.3, -0.25) is 4.98 Å². The molecule has 4 aromatic rings. The second-order valence-corrected chi connectivity index (χ2v) is 7.97. The van der Waals surface area contributed by atoms with Crippen molar-refractivity contribution in [2.45, 2.75) is 65.3 Å². The van der Waals surface area contributed by atoms with Gasteiger partial charge < -0.3 is 0 Å². The van der Waals surface area contributed by atoms with Crippen LogP contribution in [0.15, 0.2) is 42.6 Å². The molecule has 1 N–H and O–H groups in total. The number of aromatic nitrogens is 8. The Morgan fingerprint density at radius 3 is 2.50 bits per heavy atom. The molecule has 8 heteroatoms. The molecule has 0 fully saturated rings. The lowest BCUT2D eigenvalue weighted by Crippen LogP contribution is -2.07. The van der Waals surface area contributed by atoms with Crippen LogP contribution in [-0.2, 0) is 19.4 Å². The summed E-state index contributed by atoms with van der Waals surface area (Å²) in [7, 11) is 0. The van der Waals surface area contributed by atoms with Gasteiger partial charge in [-0.2, -0.15) is 10.3 Å². The lowest BCUT2D eigenvalue weighted by Gasteiger charge is -2.08. The molecule has 0 amide bonds. The fraction of sp³-hybridized carbons (Fsp3) is 0.417. The number of nitrogens with one attached hydrogen (secondary N) is 1. The molecule has 0 unspecified atom stereocenters. The lowest BCUT2D eigenvalue weighted by atomic mass is 10.0. The largest absolute Gasteiger partial charge is 0.260 e. The van der Waals surface area contributed by atoms with E-state index in [4.69, 9.17) is 15.1 Å². The summed E-state index contributed by atoms with van der Waals surface area (Å²) < 4.78 is 2.09. The van der Waals surface area contributed by atoms with Gasteiger partial charge in [0.2, 0.25) is 5.82 Å². The van der Waals surface area contributed by atoms with Crippen molar-refractivity contribution in [1.82, 2.24) is 40.4 Å². The van der Waals surface area contributed by atoms with Crippen LogP contribution in [0.4, 0.5) is 0 Å². The molecule has 0 aliphatic rings. The molecule has 0 spiro atoms. The minimum Gasteiger partial charge on any atom is -0.260 e. The number of rotatable bonds is 11. The average Bonchev–Trinajstić information content (AvgIpc) is 3.49. The second kappa shape index (κ2) is 10.7. The van der Waals surface area contributed by atoms with Crippen LogP contribution in [0.2, 0.25) is 0 Å². The van der Waals surface area contributed by atoms with Crippen molar-refractivity contribution in [3.63, 3.8) is 0 Å². The van der Waals surface area contributed by atoms with E-state index in [1.807, 2.05) is 30.5 Å². The van der Waals surface area contributed by atoms with Gasteiger partial charge in [0.1, 0.15) is 5.82 Å². The van der Waals surface area contributed by atoms with Crippen LogP contribution in [0.1, 0.15) is 63.3 Å². The van der Waals surface area contributed by atoms with Crippen molar-refractivity contribution in [2.24, 2.45) is 0 Å². The molecule has 0 atom stereocenters. The summed E-state index contributed by atoms with van der Waals surface area (Å²) in [6.07, 6.45) is 9.31. The summed E-state index contributed by atoms with van der Waals surface area (Å²) in [4.78, 5) is 9.57. The Balaban J connectivity index is 1.54. The predicted molar refractivity (Wildman–Crippen MR) is 124 cm³/mol. The van der Waals surface area contributed by atoms with E-state index in [0.29, 0.717) is 12.2 Å². The van der Waals surface area contributed by atoms with Crippen molar-refractivity contribution >= 4 is 0 Å². The summed E-state index contributed by atoms with van der Waals surface area (Å²) >= 11 is 0. The number of unbranched alkanes of at least 4 members (excludes halogenated alkanes) is 3. The van der Waals surface area contributed by atoms with Gasteiger partial charge in [0, 0.05) is 42.4 Å². The van der Waals surface area contributed by atoms with Gasteiger partial charge in [0.15, 0.2) is 5.82 Å². The SMILES string of the molecule is CCCCCn1nc(CCCC)nc1Cc1ccc(-c2ccccc2-c2nn[nH]n2)cn1. The molecule has 0 radical (unpaired) electrons. The number of pyridine rings is 1. The normalized spacial score (nSPS) is 11.2. The quantitative estimate of drug-likeness (QED) is 0.348. The molecule has 8 nitrogen and oxygen atoms in total. The first-order chi connectivity index (χ1) is 15.8.